The van der Waals surface area contributed by atoms with Crippen LogP contribution < -0.4 is 4.74 Å². The number of thiophene rings is 1. The molecule has 0 atom stereocenters. The highest BCUT2D eigenvalue weighted by Gasteiger charge is 2.11. The van der Waals surface area contributed by atoms with Crippen LogP contribution in [0, 0.1) is 0 Å². The molecule has 0 spiro atoms. The second-order valence-corrected chi connectivity index (χ2v) is 5.03. The first kappa shape index (κ1) is 14.3. The third-order valence-corrected chi connectivity index (χ3v) is 3.58. The summed E-state index contributed by atoms with van der Waals surface area (Å²) >= 11 is 1.34. The van der Waals surface area contributed by atoms with Crippen molar-refractivity contribution in [2.75, 3.05) is 13.7 Å². The van der Waals surface area contributed by atoms with Crippen molar-refractivity contribution in [2.24, 2.45) is 0 Å². The van der Waals surface area contributed by atoms with Gasteiger partial charge in [0.15, 0.2) is 6.61 Å². The Morgan fingerprint density at radius 1 is 1.15 bits per heavy atom. The third kappa shape index (κ3) is 3.93. The zero-order valence-corrected chi connectivity index (χ0v) is 11.8. The van der Waals surface area contributed by atoms with E-state index >= 15 is 0 Å². The van der Waals surface area contributed by atoms with E-state index in [4.69, 9.17) is 9.47 Å². The predicted molar refractivity (Wildman–Crippen MR) is 76.3 cm³/mol. The molecule has 1 aromatic carbocycles. The molecule has 20 heavy (non-hydrogen) atoms. The van der Waals surface area contributed by atoms with Crippen LogP contribution in [0.2, 0.25) is 0 Å². The zero-order chi connectivity index (χ0) is 14.4. The fraction of sp³-hybridized carbons (Fsp3) is 0.200. The number of methoxy groups -OCH3 is 1. The molecule has 0 bridgehead atoms. The fourth-order valence-corrected chi connectivity index (χ4v) is 2.27. The van der Waals surface area contributed by atoms with Crippen LogP contribution in [0.5, 0.6) is 5.75 Å². The first-order valence-corrected chi connectivity index (χ1v) is 6.92. The smallest absolute Gasteiger partial charge is 0.310 e. The van der Waals surface area contributed by atoms with Crippen LogP contribution in [0.1, 0.15) is 15.2 Å². The number of carbonyl (C=O) groups is 2. The second-order valence-electron chi connectivity index (χ2n) is 4.09. The Hall–Kier alpha value is -2.14. The van der Waals surface area contributed by atoms with Gasteiger partial charge in [0, 0.05) is 0 Å². The molecular formula is C15H14O4S. The topological polar surface area (TPSA) is 52.6 Å². The zero-order valence-electron chi connectivity index (χ0n) is 11.0. The van der Waals surface area contributed by atoms with Gasteiger partial charge in [0.05, 0.1) is 18.4 Å². The molecule has 0 aliphatic rings. The van der Waals surface area contributed by atoms with Gasteiger partial charge in [-0.15, -0.1) is 11.3 Å². The molecule has 0 saturated carbocycles. The monoisotopic (exact) mass is 290 g/mol. The number of carbonyl (C=O) groups excluding carboxylic acids is 2. The third-order valence-electron chi connectivity index (χ3n) is 2.67. The molecule has 0 radical (unpaired) electrons. The molecule has 2 rings (SSSR count). The van der Waals surface area contributed by atoms with E-state index in [-0.39, 0.29) is 18.8 Å². The first-order chi connectivity index (χ1) is 9.69. The maximum Gasteiger partial charge on any atom is 0.310 e. The lowest BCUT2D eigenvalue weighted by atomic mass is 10.1. The standard InChI is InChI=1S/C15H14O4S/c1-18-12-6-4-11(5-7-12)9-15(17)19-10-13(16)14-3-2-8-20-14/h2-8H,9-10H2,1H3. The van der Waals surface area contributed by atoms with Gasteiger partial charge in [0.25, 0.3) is 0 Å². The largest absolute Gasteiger partial charge is 0.497 e. The van der Waals surface area contributed by atoms with E-state index in [1.54, 1.807) is 43.5 Å². The Labute approximate surface area is 121 Å². The molecule has 104 valence electrons. The molecule has 2 aromatic rings. The number of ether oxygens (including phenoxy) is 2. The van der Waals surface area contributed by atoms with Crippen LogP contribution in [-0.2, 0) is 16.0 Å². The van der Waals surface area contributed by atoms with Gasteiger partial charge in [-0.05, 0) is 29.1 Å². The summed E-state index contributed by atoms with van der Waals surface area (Å²) in [5.41, 5.74) is 0.819. The first-order valence-electron chi connectivity index (χ1n) is 6.04. The Kier molecular flexibility index (Phi) is 4.90. The summed E-state index contributed by atoms with van der Waals surface area (Å²) in [6.07, 6.45) is 0.141. The maximum atomic E-state index is 11.7. The predicted octanol–water partition coefficient (Wildman–Crippen LogP) is 2.73. The number of esters is 1. The Morgan fingerprint density at radius 2 is 1.90 bits per heavy atom. The average Bonchev–Trinajstić information content (AvgIpc) is 3.00. The van der Waals surface area contributed by atoms with Crippen molar-refractivity contribution >= 4 is 23.1 Å². The number of ketones is 1. The molecule has 1 aromatic heterocycles. The van der Waals surface area contributed by atoms with Crippen LogP contribution >= 0.6 is 11.3 Å². The highest BCUT2D eigenvalue weighted by Crippen LogP contribution is 2.12. The molecular weight excluding hydrogens is 276 g/mol. The molecule has 0 unspecified atom stereocenters. The summed E-state index contributed by atoms with van der Waals surface area (Å²) in [4.78, 5) is 23.9. The highest BCUT2D eigenvalue weighted by molar-refractivity contribution is 7.12. The molecule has 0 aliphatic heterocycles. The number of hydrogen-bond donors (Lipinski definition) is 0. The van der Waals surface area contributed by atoms with Gasteiger partial charge in [0.2, 0.25) is 5.78 Å². The van der Waals surface area contributed by atoms with Crippen molar-refractivity contribution in [2.45, 2.75) is 6.42 Å². The van der Waals surface area contributed by atoms with Crippen LogP contribution in [0.25, 0.3) is 0 Å². The van der Waals surface area contributed by atoms with E-state index in [1.165, 1.54) is 11.3 Å². The summed E-state index contributed by atoms with van der Waals surface area (Å²) in [6, 6.07) is 10.6. The molecule has 1 heterocycles. The molecule has 5 heteroatoms. The van der Waals surface area contributed by atoms with Gasteiger partial charge in [-0.2, -0.15) is 0 Å². The Balaban J connectivity index is 1.81. The van der Waals surface area contributed by atoms with E-state index in [0.717, 1.165) is 11.3 Å². The lowest BCUT2D eigenvalue weighted by Crippen LogP contribution is -2.14. The highest BCUT2D eigenvalue weighted by atomic mass is 32.1. The summed E-state index contributed by atoms with van der Waals surface area (Å²) in [7, 11) is 1.58. The summed E-state index contributed by atoms with van der Waals surface area (Å²) < 4.78 is 10.0. The van der Waals surface area contributed by atoms with Crippen LogP contribution in [0.4, 0.5) is 0 Å². The van der Waals surface area contributed by atoms with E-state index in [0.29, 0.717) is 4.88 Å². The average molecular weight is 290 g/mol. The Bertz CT molecular complexity index is 572. The van der Waals surface area contributed by atoms with Crippen molar-refractivity contribution in [1.29, 1.82) is 0 Å². The van der Waals surface area contributed by atoms with E-state index in [2.05, 4.69) is 0 Å². The van der Waals surface area contributed by atoms with E-state index in [9.17, 15) is 9.59 Å². The van der Waals surface area contributed by atoms with Crippen molar-refractivity contribution in [3.63, 3.8) is 0 Å². The second kappa shape index (κ2) is 6.86. The summed E-state index contributed by atoms with van der Waals surface area (Å²) in [5.74, 6) is 0.137. The van der Waals surface area contributed by atoms with Crippen LogP contribution in [0.15, 0.2) is 41.8 Å². The summed E-state index contributed by atoms with van der Waals surface area (Å²) in [5, 5.41) is 1.81. The Morgan fingerprint density at radius 3 is 2.50 bits per heavy atom. The molecule has 0 amide bonds. The van der Waals surface area contributed by atoms with Gasteiger partial charge in [-0.3, -0.25) is 9.59 Å². The molecule has 0 fully saturated rings. The normalized spacial score (nSPS) is 10.1. The quantitative estimate of drug-likeness (QED) is 0.606. The minimum Gasteiger partial charge on any atom is -0.497 e. The minimum atomic E-state index is -0.417. The van der Waals surface area contributed by atoms with Crippen molar-refractivity contribution < 1.29 is 19.1 Å². The maximum absolute atomic E-state index is 11.7. The molecule has 0 aliphatic carbocycles. The lowest BCUT2D eigenvalue weighted by Gasteiger charge is -2.04. The number of hydrogen-bond acceptors (Lipinski definition) is 5. The van der Waals surface area contributed by atoms with Gasteiger partial charge >= 0.3 is 5.97 Å². The molecule has 0 N–H and O–H groups in total. The van der Waals surface area contributed by atoms with Crippen LogP contribution in [-0.4, -0.2) is 25.5 Å². The molecule has 4 nitrogen and oxygen atoms in total. The van der Waals surface area contributed by atoms with Gasteiger partial charge < -0.3 is 9.47 Å². The van der Waals surface area contributed by atoms with E-state index < -0.39 is 5.97 Å². The SMILES string of the molecule is COc1ccc(CC(=O)OCC(=O)c2cccs2)cc1. The lowest BCUT2D eigenvalue weighted by molar-refractivity contribution is -0.141. The number of benzene rings is 1. The number of Topliss-reactive ketones (excluding diaryl/α,β-unsaturated/α-hetero) is 1. The molecule has 0 saturated heterocycles. The van der Waals surface area contributed by atoms with Crippen molar-refractivity contribution in [3.8, 4) is 5.75 Å². The van der Waals surface area contributed by atoms with Gasteiger partial charge in [-0.25, -0.2) is 0 Å². The van der Waals surface area contributed by atoms with Crippen molar-refractivity contribution in [1.82, 2.24) is 0 Å². The minimum absolute atomic E-state index is 0.141. The van der Waals surface area contributed by atoms with E-state index in [1.807, 2.05) is 5.38 Å². The van der Waals surface area contributed by atoms with Gasteiger partial charge in [-0.1, -0.05) is 18.2 Å². The van der Waals surface area contributed by atoms with Crippen LogP contribution in [0.3, 0.4) is 0 Å². The summed E-state index contributed by atoms with van der Waals surface area (Å²) in [6.45, 7) is -0.213. The van der Waals surface area contributed by atoms with Gasteiger partial charge in [0.1, 0.15) is 5.75 Å². The number of rotatable bonds is 6. The fourth-order valence-electron chi connectivity index (χ4n) is 1.62. The van der Waals surface area contributed by atoms with Crippen molar-refractivity contribution in [3.05, 3.63) is 52.2 Å².